The van der Waals surface area contributed by atoms with Gasteiger partial charge in [-0.1, -0.05) is 35.5 Å². The number of carbonyl (C=O) groups excluding carboxylic acids is 1. The van der Waals surface area contributed by atoms with Gasteiger partial charge in [0.15, 0.2) is 10.8 Å². The Kier molecular flexibility index (Phi) is 5.33. The quantitative estimate of drug-likeness (QED) is 0.380. The highest BCUT2D eigenvalue weighted by molar-refractivity contribution is 7.99. The van der Waals surface area contributed by atoms with Crippen molar-refractivity contribution in [2.45, 2.75) is 25.9 Å². The summed E-state index contributed by atoms with van der Waals surface area (Å²) in [6.07, 6.45) is 3.68. The van der Waals surface area contributed by atoms with Crippen LogP contribution < -0.4 is 5.32 Å². The van der Waals surface area contributed by atoms with E-state index in [0.29, 0.717) is 16.5 Å². The normalized spacial score (nSPS) is 11.4. The Hall–Kier alpha value is -3.72. The topological polar surface area (TPSA) is 76.6 Å². The molecule has 1 N–H and O–H groups in total. The Labute approximate surface area is 193 Å². The highest BCUT2D eigenvalue weighted by Gasteiger charge is 2.15. The van der Waals surface area contributed by atoms with E-state index in [1.807, 2.05) is 29.8 Å². The number of rotatable bonds is 5. The number of anilines is 1. The van der Waals surface area contributed by atoms with Gasteiger partial charge in [-0.25, -0.2) is 8.91 Å². The lowest BCUT2D eigenvalue weighted by Crippen LogP contribution is -2.15. The zero-order chi connectivity index (χ0) is 23.1. The lowest BCUT2D eigenvalue weighted by molar-refractivity contribution is -0.113. The molecule has 166 valence electrons. The first-order chi connectivity index (χ1) is 15.9. The van der Waals surface area contributed by atoms with Crippen LogP contribution in [0.15, 0.2) is 60.0 Å². The van der Waals surface area contributed by atoms with E-state index in [0.717, 1.165) is 27.9 Å². The van der Waals surface area contributed by atoms with Crippen LogP contribution in [0.5, 0.6) is 0 Å². The molecule has 0 spiro atoms. The van der Waals surface area contributed by atoms with E-state index in [-0.39, 0.29) is 11.7 Å². The van der Waals surface area contributed by atoms with Crippen molar-refractivity contribution in [3.63, 3.8) is 0 Å². The molecule has 1 amide bonds. The highest BCUT2D eigenvalue weighted by atomic mass is 32.2. The standard InChI is InChI=1S/C24H21FN6OS/c1-14-4-5-15(2)18(10-14)20-12-21-23-27-28-24(30(23)8-9-31(21)29-20)33-13-22(32)26-19-11-17(25)7-6-16(19)3/h4-12H,13H2,1-3H3,(H,26,32). The number of carbonyl (C=O) groups is 1. The third-order valence-corrected chi connectivity index (χ3v) is 6.40. The number of hydrogen-bond donors (Lipinski definition) is 1. The van der Waals surface area contributed by atoms with E-state index in [9.17, 15) is 9.18 Å². The molecule has 3 aromatic heterocycles. The molecule has 0 fully saturated rings. The van der Waals surface area contributed by atoms with Crippen molar-refractivity contribution in [3.8, 4) is 11.3 Å². The molecule has 0 radical (unpaired) electrons. The maximum atomic E-state index is 13.5. The van der Waals surface area contributed by atoms with E-state index in [1.165, 1.54) is 29.5 Å². The van der Waals surface area contributed by atoms with E-state index in [4.69, 9.17) is 5.10 Å². The maximum Gasteiger partial charge on any atom is 0.234 e. The largest absolute Gasteiger partial charge is 0.325 e. The fourth-order valence-corrected chi connectivity index (χ4v) is 4.40. The van der Waals surface area contributed by atoms with Gasteiger partial charge in [-0.05, 0) is 56.2 Å². The summed E-state index contributed by atoms with van der Waals surface area (Å²) >= 11 is 1.26. The van der Waals surface area contributed by atoms with Crippen LogP contribution in [-0.4, -0.2) is 35.9 Å². The fourth-order valence-electron chi connectivity index (χ4n) is 3.68. The first kappa shape index (κ1) is 21.1. The average molecular weight is 461 g/mol. The highest BCUT2D eigenvalue weighted by Crippen LogP contribution is 2.27. The van der Waals surface area contributed by atoms with Crippen LogP contribution in [-0.2, 0) is 4.79 Å². The van der Waals surface area contributed by atoms with Crippen LogP contribution in [0.3, 0.4) is 0 Å². The van der Waals surface area contributed by atoms with E-state index in [2.05, 4.69) is 47.6 Å². The number of nitrogens with zero attached hydrogens (tertiary/aromatic N) is 5. The molecule has 0 aliphatic rings. The summed E-state index contributed by atoms with van der Waals surface area (Å²) in [6, 6.07) is 12.6. The summed E-state index contributed by atoms with van der Waals surface area (Å²) in [5.41, 5.74) is 7.01. The summed E-state index contributed by atoms with van der Waals surface area (Å²) in [5.74, 6) is -0.514. The monoisotopic (exact) mass is 460 g/mol. The van der Waals surface area contributed by atoms with Crippen LogP contribution in [0.25, 0.3) is 22.4 Å². The molecule has 5 aromatic rings. The van der Waals surface area contributed by atoms with Gasteiger partial charge in [0.2, 0.25) is 5.91 Å². The Balaban J connectivity index is 1.39. The van der Waals surface area contributed by atoms with Gasteiger partial charge in [0.05, 0.1) is 11.4 Å². The molecule has 7 nitrogen and oxygen atoms in total. The number of aryl methyl sites for hydroxylation is 3. The molecule has 0 bridgehead atoms. The summed E-state index contributed by atoms with van der Waals surface area (Å²) in [6.45, 7) is 5.94. The molecule has 0 aliphatic carbocycles. The lowest BCUT2D eigenvalue weighted by atomic mass is 10.0. The minimum Gasteiger partial charge on any atom is -0.325 e. The van der Waals surface area contributed by atoms with Crippen molar-refractivity contribution in [2.75, 3.05) is 11.1 Å². The van der Waals surface area contributed by atoms with E-state index < -0.39 is 5.82 Å². The molecule has 0 saturated carbocycles. The molecule has 0 atom stereocenters. The van der Waals surface area contributed by atoms with Crippen molar-refractivity contribution in [1.82, 2.24) is 24.2 Å². The summed E-state index contributed by atoms with van der Waals surface area (Å²) in [4.78, 5) is 12.4. The number of hydrogen-bond acceptors (Lipinski definition) is 5. The zero-order valence-electron chi connectivity index (χ0n) is 18.3. The maximum absolute atomic E-state index is 13.5. The first-order valence-corrected chi connectivity index (χ1v) is 11.4. The van der Waals surface area contributed by atoms with Crippen LogP contribution in [0.2, 0.25) is 0 Å². The van der Waals surface area contributed by atoms with Gasteiger partial charge in [-0.2, -0.15) is 5.10 Å². The van der Waals surface area contributed by atoms with Gasteiger partial charge in [0.25, 0.3) is 0 Å². The molecule has 2 aromatic carbocycles. The van der Waals surface area contributed by atoms with Gasteiger partial charge in [0.1, 0.15) is 11.3 Å². The van der Waals surface area contributed by atoms with Gasteiger partial charge < -0.3 is 5.32 Å². The second-order valence-electron chi connectivity index (χ2n) is 7.95. The predicted molar refractivity (Wildman–Crippen MR) is 127 cm³/mol. The first-order valence-electron chi connectivity index (χ1n) is 10.4. The molecule has 33 heavy (non-hydrogen) atoms. The minimum atomic E-state index is -0.392. The van der Waals surface area contributed by atoms with Crippen molar-refractivity contribution in [2.24, 2.45) is 0 Å². The smallest absolute Gasteiger partial charge is 0.234 e. The Morgan fingerprint density at radius 2 is 1.85 bits per heavy atom. The second kappa shape index (κ2) is 8.32. The van der Waals surface area contributed by atoms with E-state index >= 15 is 0 Å². The van der Waals surface area contributed by atoms with Gasteiger partial charge in [-0.3, -0.25) is 9.20 Å². The van der Waals surface area contributed by atoms with Crippen LogP contribution in [0.4, 0.5) is 10.1 Å². The number of halogens is 1. The fraction of sp³-hybridized carbons (Fsp3) is 0.167. The lowest BCUT2D eigenvalue weighted by Gasteiger charge is -2.08. The summed E-state index contributed by atoms with van der Waals surface area (Å²) in [5, 5.41) is 16.7. The zero-order valence-corrected chi connectivity index (χ0v) is 19.2. The van der Waals surface area contributed by atoms with Crippen LogP contribution >= 0.6 is 11.8 Å². The average Bonchev–Trinajstić information content (AvgIpc) is 3.40. The minimum absolute atomic E-state index is 0.120. The van der Waals surface area contributed by atoms with Crippen molar-refractivity contribution in [1.29, 1.82) is 0 Å². The predicted octanol–water partition coefficient (Wildman–Crippen LogP) is 4.84. The summed E-state index contributed by atoms with van der Waals surface area (Å²) in [7, 11) is 0. The van der Waals surface area contributed by atoms with Gasteiger partial charge in [-0.15, -0.1) is 10.2 Å². The number of benzene rings is 2. The van der Waals surface area contributed by atoms with E-state index in [1.54, 1.807) is 10.6 Å². The number of aromatic nitrogens is 5. The Morgan fingerprint density at radius 3 is 2.70 bits per heavy atom. The molecule has 5 rings (SSSR count). The second-order valence-corrected chi connectivity index (χ2v) is 8.89. The summed E-state index contributed by atoms with van der Waals surface area (Å²) < 4.78 is 17.1. The van der Waals surface area contributed by atoms with Crippen molar-refractivity contribution < 1.29 is 9.18 Å². The van der Waals surface area contributed by atoms with Gasteiger partial charge in [0, 0.05) is 23.6 Å². The molecule has 0 aliphatic heterocycles. The van der Waals surface area contributed by atoms with Crippen LogP contribution in [0, 0.1) is 26.6 Å². The third-order valence-electron chi connectivity index (χ3n) is 5.46. The molecule has 0 saturated heterocycles. The Bertz CT molecular complexity index is 1520. The van der Waals surface area contributed by atoms with Crippen LogP contribution in [0.1, 0.15) is 16.7 Å². The number of thioether (sulfide) groups is 1. The SMILES string of the molecule is Cc1ccc(C)c(-c2cc3c4nnc(SCC(=O)Nc5cc(F)ccc5C)n4ccn3n2)c1. The molecular weight excluding hydrogens is 439 g/mol. The molecule has 0 unspecified atom stereocenters. The number of fused-ring (bicyclic) bond motifs is 3. The molecule has 3 heterocycles. The van der Waals surface area contributed by atoms with Crippen molar-refractivity contribution in [3.05, 3.63) is 77.4 Å². The molecule has 9 heteroatoms. The Morgan fingerprint density at radius 1 is 1.03 bits per heavy atom. The molecular formula is C24H21FN6OS. The van der Waals surface area contributed by atoms with Crippen molar-refractivity contribution >= 4 is 34.5 Å². The number of nitrogens with one attached hydrogen (secondary N) is 1. The third kappa shape index (κ3) is 4.07. The number of amides is 1. The van der Waals surface area contributed by atoms with Gasteiger partial charge >= 0.3 is 0 Å².